The molecule has 1 aliphatic heterocycles. The number of hydrogen-bond donors (Lipinski definition) is 1. The maximum absolute atomic E-state index is 12.8. The first-order chi connectivity index (χ1) is 11.1. The van der Waals surface area contributed by atoms with Crippen LogP contribution in [0.1, 0.15) is 59.1 Å². The van der Waals surface area contributed by atoms with Crippen molar-refractivity contribution in [2.24, 2.45) is 5.92 Å². The van der Waals surface area contributed by atoms with Crippen molar-refractivity contribution in [2.75, 3.05) is 7.05 Å². The van der Waals surface area contributed by atoms with Crippen LogP contribution in [0.3, 0.4) is 0 Å². The molecule has 24 heavy (non-hydrogen) atoms. The largest absolute Gasteiger partial charge is 0.598 e. The van der Waals surface area contributed by atoms with E-state index in [2.05, 4.69) is 11.6 Å². The van der Waals surface area contributed by atoms with Crippen LogP contribution in [0.5, 0.6) is 0 Å². The Kier molecular flexibility index (Phi) is 5.68. The number of likely N-dealkylation sites (tertiary alicyclic amines) is 1. The summed E-state index contributed by atoms with van der Waals surface area (Å²) in [6.45, 7) is 9.95. The zero-order chi connectivity index (χ0) is 18.1. The minimum Gasteiger partial charge on any atom is -0.598 e. The molecule has 0 aromatic heterocycles. The molecule has 1 aliphatic rings. The van der Waals surface area contributed by atoms with E-state index in [4.69, 9.17) is 0 Å². The number of carbonyl (C=O) groups is 1. The van der Waals surface area contributed by atoms with Crippen LogP contribution in [-0.4, -0.2) is 32.7 Å². The maximum atomic E-state index is 12.8. The van der Waals surface area contributed by atoms with E-state index in [-0.39, 0.29) is 22.6 Å². The Balaban J connectivity index is 2.40. The summed E-state index contributed by atoms with van der Waals surface area (Å²) in [4.78, 5) is 14.4. The summed E-state index contributed by atoms with van der Waals surface area (Å²) in [5, 5.41) is 0. The van der Waals surface area contributed by atoms with Crippen molar-refractivity contribution in [3.63, 3.8) is 0 Å². The van der Waals surface area contributed by atoms with Gasteiger partial charge in [0.2, 0.25) is 5.91 Å². The van der Waals surface area contributed by atoms with Crippen LogP contribution < -0.4 is 4.72 Å². The summed E-state index contributed by atoms with van der Waals surface area (Å²) in [6.07, 6.45) is 1.73. The van der Waals surface area contributed by atoms with E-state index in [0.717, 1.165) is 18.4 Å². The van der Waals surface area contributed by atoms with E-state index < -0.39 is 16.9 Å². The van der Waals surface area contributed by atoms with E-state index in [1.165, 1.54) is 0 Å². The third-order valence-electron chi connectivity index (χ3n) is 5.14. The van der Waals surface area contributed by atoms with Crippen LogP contribution in [-0.2, 0) is 16.2 Å². The number of benzene rings is 1. The quantitative estimate of drug-likeness (QED) is 0.847. The minimum absolute atomic E-state index is 0.0487. The first-order valence-corrected chi connectivity index (χ1v) is 9.73. The molecule has 1 aromatic rings. The van der Waals surface area contributed by atoms with Crippen molar-refractivity contribution < 1.29 is 9.35 Å². The van der Waals surface area contributed by atoms with Crippen molar-refractivity contribution in [3.8, 4) is 0 Å². The van der Waals surface area contributed by atoms with Gasteiger partial charge in [0.05, 0.1) is 5.54 Å². The fraction of sp³-hybridized carbons (Fsp3) is 0.632. The van der Waals surface area contributed by atoms with Gasteiger partial charge in [0, 0.05) is 24.3 Å². The van der Waals surface area contributed by atoms with E-state index in [1.807, 2.05) is 70.0 Å². The third-order valence-corrected chi connectivity index (χ3v) is 6.70. The molecule has 2 unspecified atom stereocenters. The number of likely N-dealkylation sites (N-methyl/N-ethyl adjacent to an activating group) is 1. The molecular formula is C19H30N2O2S. The van der Waals surface area contributed by atoms with Gasteiger partial charge in [-0.3, -0.25) is 4.79 Å². The second kappa shape index (κ2) is 7.06. The molecule has 134 valence electrons. The Bertz CT molecular complexity index is 572. The van der Waals surface area contributed by atoms with Gasteiger partial charge in [-0.15, -0.1) is 4.72 Å². The number of hydrogen-bond acceptors (Lipinski definition) is 3. The van der Waals surface area contributed by atoms with Crippen LogP contribution in [0.25, 0.3) is 0 Å². The number of nitrogens with one attached hydrogen (secondary N) is 1. The molecule has 4 atom stereocenters. The van der Waals surface area contributed by atoms with Crippen molar-refractivity contribution in [3.05, 3.63) is 35.9 Å². The van der Waals surface area contributed by atoms with E-state index in [0.29, 0.717) is 0 Å². The highest BCUT2D eigenvalue weighted by molar-refractivity contribution is 7.90. The highest BCUT2D eigenvalue weighted by Crippen LogP contribution is 2.40. The second-order valence-electron chi connectivity index (χ2n) is 8.04. The fourth-order valence-corrected chi connectivity index (χ4v) is 4.16. The topological polar surface area (TPSA) is 55.4 Å². The first kappa shape index (κ1) is 19.3. The van der Waals surface area contributed by atoms with Crippen LogP contribution in [0, 0.1) is 5.92 Å². The Labute approximate surface area is 149 Å². The lowest BCUT2D eigenvalue weighted by atomic mass is 9.77. The van der Waals surface area contributed by atoms with Gasteiger partial charge in [-0.25, -0.2) is 0 Å². The number of carbonyl (C=O) groups excluding carboxylic acids is 1. The zero-order valence-corrected chi connectivity index (χ0v) is 16.4. The smallest absolute Gasteiger partial charge is 0.225 e. The summed E-state index contributed by atoms with van der Waals surface area (Å²) in [6, 6.07) is 9.85. The number of piperidine rings is 1. The SMILES string of the molecule is CC1CCC(C)([C@H](N[S@+]([O-])C(C)(C)C)c2ccccc2)N(C)C1=O. The molecule has 5 heteroatoms. The van der Waals surface area contributed by atoms with Crippen molar-refractivity contribution in [2.45, 2.75) is 63.8 Å². The average Bonchev–Trinajstić information content (AvgIpc) is 2.54. The highest BCUT2D eigenvalue weighted by Gasteiger charge is 2.48. The van der Waals surface area contributed by atoms with Gasteiger partial charge in [-0.2, -0.15) is 0 Å². The molecule has 0 radical (unpaired) electrons. The van der Waals surface area contributed by atoms with Gasteiger partial charge < -0.3 is 9.45 Å². The molecule has 4 nitrogen and oxygen atoms in total. The van der Waals surface area contributed by atoms with E-state index >= 15 is 0 Å². The monoisotopic (exact) mass is 350 g/mol. The summed E-state index contributed by atoms with van der Waals surface area (Å²) in [5.41, 5.74) is 0.651. The Morgan fingerprint density at radius 2 is 1.92 bits per heavy atom. The second-order valence-corrected chi connectivity index (χ2v) is 10.0. The zero-order valence-electron chi connectivity index (χ0n) is 15.6. The number of amides is 1. The van der Waals surface area contributed by atoms with Gasteiger partial charge in [0.25, 0.3) is 0 Å². The lowest BCUT2D eigenvalue weighted by Crippen LogP contribution is -2.60. The predicted molar refractivity (Wildman–Crippen MR) is 99.8 cm³/mol. The maximum Gasteiger partial charge on any atom is 0.225 e. The number of nitrogens with zero attached hydrogens (tertiary/aromatic N) is 1. The molecule has 1 heterocycles. The Morgan fingerprint density at radius 1 is 1.33 bits per heavy atom. The van der Waals surface area contributed by atoms with Gasteiger partial charge in [0.1, 0.15) is 10.8 Å². The Morgan fingerprint density at radius 3 is 2.46 bits per heavy atom. The van der Waals surface area contributed by atoms with Gasteiger partial charge in [-0.05, 0) is 46.1 Å². The lowest BCUT2D eigenvalue weighted by Gasteiger charge is -2.49. The molecule has 0 bridgehead atoms. The molecule has 1 amide bonds. The minimum atomic E-state index is -1.22. The molecular weight excluding hydrogens is 320 g/mol. The normalized spacial score (nSPS) is 27.9. The van der Waals surface area contributed by atoms with Crippen molar-refractivity contribution in [1.82, 2.24) is 9.62 Å². The van der Waals surface area contributed by atoms with Crippen LogP contribution in [0.4, 0.5) is 0 Å². The molecule has 1 saturated heterocycles. The molecule has 2 rings (SSSR count). The lowest BCUT2D eigenvalue weighted by molar-refractivity contribution is -0.145. The molecule has 0 aliphatic carbocycles. The summed E-state index contributed by atoms with van der Waals surface area (Å²) in [7, 11) is 1.87. The summed E-state index contributed by atoms with van der Waals surface area (Å²) >= 11 is -1.22. The summed E-state index contributed by atoms with van der Waals surface area (Å²) in [5.74, 6) is 0.209. The van der Waals surface area contributed by atoms with E-state index in [1.54, 1.807) is 0 Å². The van der Waals surface area contributed by atoms with Crippen LogP contribution in [0.2, 0.25) is 0 Å². The van der Waals surface area contributed by atoms with Gasteiger partial charge >= 0.3 is 0 Å². The van der Waals surface area contributed by atoms with Gasteiger partial charge in [0.15, 0.2) is 0 Å². The van der Waals surface area contributed by atoms with Crippen LogP contribution in [0.15, 0.2) is 30.3 Å². The van der Waals surface area contributed by atoms with Crippen LogP contribution >= 0.6 is 0 Å². The molecule has 1 N–H and O–H groups in total. The molecule has 0 saturated carbocycles. The highest BCUT2D eigenvalue weighted by atomic mass is 32.2. The standard InChI is InChI=1S/C19H30N2O2S/c1-14-12-13-19(5,21(6)17(14)22)16(15-10-8-7-9-11-15)20-24(23)18(2,3)4/h7-11,14,16,20H,12-13H2,1-6H3/t14?,16-,19?,24-/m1/s1. The molecule has 1 fully saturated rings. The van der Waals surface area contributed by atoms with Crippen molar-refractivity contribution in [1.29, 1.82) is 0 Å². The molecule has 0 spiro atoms. The van der Waals surface area contributed by atoms with Gasteiger partial charge in [-0.1, -0.05) is 37.3 Å². The molecule has 1 aromatic carbocycles. The first-order valence-electron chi connectivity index (χ1n) is 8.58. The number of rotatable bonds is 4. The third kappa shape index (κ3) is 3.79. The van der Waals surface area contributed by atoms with E-state index in [9.17, 15) is 9.35 Å². The summed E-state index contributed by atoms with van der Waals surface area (Å²) < 4.78 is 15.7. The fourth-order valence-electron chi connectivity index (χ4n) is 3.20. The van der Waals surface area contributed by atoms with Crippen molar-refractivity contribution >= 4 is 17.3 Å². The average molecular weight is 351 g/mol. The Hall–Kier alpha value is -1.04. The predicted octanol–water partition coefficient (Wildman–Crippen LogP) is 3.43.